The Morgan fingerprint density at radius 1 is 1.13 bits per heavy atom. The highest BCUT2D eigenvalue weighted by molar-refractivity contribution is 9.10. The second-order valence-electron chi connectivity index (χ2n) is 4.85. The number of amides is 1. The quantitative estimate of drug-likeness (QED) is 0.778. The number of anilines is 1. The van der Waals surface area contributed by atoms with E-state index in [-0.39, 0.29) is 5.91 Å². The van der Waals surface area contributed by atoms with Gasteiger partial charge < -0.3 is 14.8 Å². The van der Waals surface area contributed by atoms with Crippen LogP contribution in [0.1, 0.15) is 5.56 Å². The van der Waals surface area contributed by atoms with E-state index in [0.29, 0.717) is 35.4 Å². The molecule has 3 rings (SSSR count). The summed E-state index contributed by atoms with van der Waals surface area (Å²) < 4.78 is 11.7. The number of rotatable bonds is 3. The van der Waals surface area contributed by atoms with Crippen molar-refractivity contribution in [3.63, 3.8) is 0 Å². The normalized spacial score (nSPS) is 13.1. The zero-order valence-corrected chi connectivity index (χ0v) is 14.4. The number of fused-ring (bicyclic) bond motifs is 1. The van der Waals surface area contributed by atoms with Crippen LogP contribution in [0.4, 0.5) is 5.69 Å². The SMILES string of the molecule is O=C(/C=C/c1ccc(Cl)cc1)Nc1cc2c(cc1Br)OCCO2. The molecule has 0 saturated heterocycles. The first kappa shape index (κ1) is 15.9. The van der Waals surface area contributed by atoms with Gasteiger partial charge in [-0.2, -0.15) is 0 Å². The highest BCUT2D eigenvalue weighted by atomic mass is 79.9. The van der Waals surface area contributed by atoms with E-state index in [1.165, 1.54) is 6.08 Å². The molecule has 0 spiro atoms. The molecule has 1 amide bonds. The van der Waals surface area contributed by atoms with Crippen molar-refractivity contribution in [1.82, 2.24) is 0 Å². The lowest BCUT2D eigenvalue weighted by atomic mass is 10.2. The first-order valence-corrected chi connectivity index (χ1v) is 8.13. The summed E-state index contributed by atoms with van der Waals surface area (Å²) in [6.45, 7) is 1.02. The van der Waals surface area contributed by atoms with Crippen molar-refractivity contribution in [2.24, 2.45) is 0 Å². The molecule has 0 aliphatic carbocycles. The molecule has 118 valence electrons. The number of carbonyl (C=O) groups is 1. The zero-order valence-electron chi connectivity index (χ0n) is 12.0. The van der Waals surface area contributed by atoms with Gasteiger partial charge in [0.25, 0.3) is 0 Å². The summed E-state index contributed by atoms with van der Waals surface area (Å²) in [6.07, 6.45) is 3.18. The predicted octanol–water partition coefficient (Wildman–Crippen LogP) is 4.53. The van der Waals surface area contributed by atoms with Crippen LogP contribution in [0.5, 0.6) is 11.5 Å². The average Bonchev–Trinajstić information content (AvgIpc) is 2.55. The molecule has 0 bridgehead atoms. The Morgan fingerprint density at radius 3 is 2.48 bits per heavy atom. The lowest BCUT2D eigenvalue weighted by Crippen LogP contribution is -2.16. The molecule has 1 aliphatic rings. The van der Waals surface area contributed by atoms with Gasteiger partial charge in [0, 0.05) is 27.7 Å². The van der Waals surface area contributed by atoms with Gasteiger partial charge in [-0.3, -0.25) is 4.79 Å². The molecule has 0 unspecified atom stereocenters. The molecular formula is C17H13BrClNO3. The van der Waals surface area contributed by atoms with Crippen LogP contribution in [0.3, 0.4) is 0 Å². The van der Waals surface area contributed by atoms with E-state index in [0.717, 1.165) is 10.0 Å². The molecule has 1 heterocycles. The Hall–Kier alpha value is -1.98. The monoisotopic (exact) mass is 393 g/mol. The van der Waals surface area contributed by atoms with Crippen molar-refractivity contribution in [1.29, 1.82) is 0 Å². The number of ether oxygens (including phenoxy) is 2. The van der Waals surface area contributed by atoms with Gasteiger partial charge in [-0.25, -0.2) is 0 Å². The van der Waals surface area contributed by atoms with Gasteiger partial charge in [0.15, 0.2) is 11.5 Å². The van der Waals surface area contributed by atoms with Crippen LogP contribution in [0.25, 0.3) is 6.08 Å². The summed E-state index contributed by atoms with van der Waals surface area (Å²) in [5.41, 5.74) is 1.52. The van der Waals surface area contributed by atoms with E-state index < -0.39 is 0 Å². The van der Waals surface area contributed by atoms with Crippen LogP contribution in [-0.2, 0) is 4.79 Å². The molecule has 2 aromatic carbocycles. The highest BCUT2D eigenvalue weighted by Crippen LogP contribution is 2.38. The van der Waals surface area contributed by atoms with E-state index in [4.69, 9.17) is 21.1 Å². The lowest BCUT2D eigenvalue weighted by molar-refractivity contribution is -0.111. The second kappa shape index (κ2) is 7.06. The fourth-order valence-electron chi connectivity index (χ4n) is 2.08. The third kappa shape index (κ3) is 4.06. The first-order valence-electron chi connectivity index (χ1n) is 6.95. The summed E-state index contributed by atoms with van der Waals surface area (Å²) in [5, 5.41) is 3.47. The maximum Gasteiger partial charge on any atom is 0.248 e. The topological polar surface area (TPSA) is 47.6 Å². The maximum absolute atomic E-state index is 12.1. The van der Waals surface area contributed by atoms with E-state index in [1.807, 2.05) is 12.1 Å². The summed E-state index contributed by atoms with van der Waals surface area (Å²) >= 11 is 9.25. The van der Waals surface area contributed by atoms with Crippen LogP contribution in [0.2, 0.25) is 5.02 Å². The molecule has 0 saturated carbocycles. The third-order valence-corrected chi connectivity index (χ3v) is 4.09. The second-order valence-corrected chi connectivity index (χ2v) is 6.14. The Labute approximate surface area is 147 Å². The number of benzene rings is 2. The summed E-state index contributed by atoms with van der Waals surface area (Å²) in [5.74, 6) is 1.05. The molecule has 2 aromatic rings. The van der Waals surface area contributed by atoms with E-state index in [9.17, 15) is 4.79 Å². The Balaban J connectivity index is 1.71. The molecule has 0 radical (unpaired) electrons. The van der Waals surface area contributed by atoms with Gasteiger partial charge in [0.2, 0.25) is 5.91 Å². The molecule has 1 N–H and O–H groups in total. The average molecular weight is 395 g/mol. The molecular weight excluding hydrogens is 382 g/mol. The van der Waals surface area contributed by atoms with Crippen molar-refractivity contribution in [3.8, 4) is 11.5 Å². The molecule has 0 atom stereocenters. The van der Waals surface area contributed by atoms with Crippen LogP contribution >= 0.6 is 27.5 Å². The zero-order chi connectivity index (χ0) is 16.2. The molecule has 6 heteroatoms. The Kier molecular flexibility index (Phi) is 4.88. The number of halogens is 2. The molecule has 23 heavy (non-hydrogen) atoms. The molecule has 1 aliphatic heterocycles. The smallest absolute Gasteiger partial charge is 0.248 e. The van der Waals surface area contributed by atoms with Crippen molar-refractivity contribution < 1.29 is 14.3 Å². The lowest BCUT2D eigenvalue weighted by Gasteiger charge is -2.19. The van der Waals surface area contributed by atoms with Crippen molar-refractivity contribution in [2.75, 3.05) is 18.5 Å². The number of hydrogen-bond acceptors (Lipinski definition) is 3. The van der Waals surface area contributed by atoms with Crippen LogP contribution in [0, 0.1) is 0 Å². The van der Waals surface area contributed by atoms with Gasteiger partial charge in [-0.1, -0.05) is 23.7 Å². The molecule has 0 fully saturated rings. The van der Waals surface area contributed by atoms with Crippen molar-refractivity contribution in [2.45, 2.75) is 0 Å². The van der Waals surface area contributed by atoms with Gasteiger partial charge in [-0.15, -0.1) is 0 Å². The molecule has 0 aromatic heterocycles. The van der Waals surface area contributed by atoms with Crippen LogP contribution in [-0.4, -0.2) is 19.1 Å². The van der Waals surface area contributed by atoms with Crippen LogP contribution in [0.15, 0.2) is 46.9 Å². The van der Waals surface area contributed by atoms with Gasteiger partial charge in [-0.05, 0) is 39.7 Å². The van der Waals surface area contributed by atoms with E-state index >= 15 is 0 Å². The van der Waals surface area contributed by atoms with Gasteiger partial charge in [0.05, 0.1) is 5.69 Å². The predicted molar refractivity (Wildman–Crippen MR) is 94.2 cm³/mol. The number of hydrogen-bond donors (Lipinski definition) is 1. The minimum absolute atomic E-state index is 0.239. The fourth-order valence-corrected chi connectivity index (χ4v) is 2.63. The minimum Gasteiger partial charge on any atom is -0.486 e. The standard InChI is InChI=1S/C17H13BrClNO3/c18-13-9-15-16(23-8-7-22-15)10-14(13)20-17(21)6-3-11-1-4-12(19)5-2-11/h1-6,9-10H,7-8H2,(H,20,21)/b6-3+. The van der Waals surface area contributed by atoms with Gasteiger partial charge >= 0.3 is 0 Å². The van der Waals surface area contributed by atoms with Crippen LogP contribution < -0.4 is 14.8 Å². The fraction of sp³-hybridized carbons (Fsp3) is 0.118. The van der Waals surface area contributed by atoms with Crippen molar-refractivity contribution >= 4 is 45.2 Å². The van der Waals surface area contributed by atoms with Gasteiger partial charge in [0.1, 0.15) is 13.2 Å². The minimum atomic E-state index is -0.239. The summed E-state index contributed by atoms with van der Waals surface area (Å²) in [7, 11) is 0. The van der Waals surface area contributed by atoms with E-state index in [1.54, 1.807) is 30.3 Å². The number of carbonyl (C=O) groups excluding carboxylic acids is 1. The van der Waals surface area contributed by atoms with Crippen molar-refractivity contribution in [3.05, 3.63) is 57.5 Å². The number of nitrogens with one attached hydrogen (secondary N) is 1. The maximum atomic E-state index is 12.1. The largest absolute Gasteiger partial charge is 0.486 e. The van der Waals surface area contributed by atoms with E-state index in [2.05, 4.69) is 21.2 Å². The highest BCUT2D eigenvalue weighted by Gasteiger charge is 2.15. The first-order chi connectivity index (χ1) is 11.1. The summed E-state index contributed by atoms with van der Waals surface area (Å²) in [4.78, 5) is 12.1. The molecule has 4 nitrogen and oxygen atoms in total. The third-order valence-electron chi connectivity index (χ3n) is 3.19. The Morgan fingerprint density at radius 2 is 1.78 bits per heavy atom. The Bertz CT molecular complexity index is 759. The summed E-state index contributed by atoms with van der Waals surface area (Å²) in [6, 6.07) is 10.8.